The number of aromatic nitrogens is 1. The number of carbonyl (C=O) groups is 2. The lowest BCUT2D eigenvalue weighted by atomic mass is 9.94. The van der Waals surface area contributed by atoms with Crippen molar-refractivity contribution < 1.29 is 33.3 Å². The number of ether oxygens (including phenoxy) is 1. The van der Waals surface area contributed by atoms with Crippen LogP contribution in [0.3, 0.4) is 0 Å². The van der Waals surface area contributed by atoms with Gasteiger partial charge in [0, 0.05) is 17.2 Å². The normalized spacial score (nSPS) is 10.9. The molecule has 0 fully saturated rings. The van der Waals surface area contributed by atoms with E-state index in [2.05, 4.69) is 0 Å². The van der Waals surface area contributed by atoms with E-state index in [4.69, 9.17) is 10.5 Å². The molecule has 0 aliphatic carbocycles. The summed E-state index contributed by atoms with van der Waals surface area (Å²) in [6.45, 7) is 3.76. The quantitative estimate of drug-likeness (QED) is 0.563. The van der Waals surface area contributed by atoms with Gasteiger partial charge in [-0.3, -0.25) is 4.79 Å². The fourth-order valence-corrected chi connectivity index (χ4v) is 2.61. The second-order valence-electron chi connectivity index (χ2n) is 6.40. The summed E-state index contributed by atoms with van der Waals surface area (Å²) in [7, 11) is 0. The number of nitrogens with one attached hydrogen (secondary N) is 1. The summed E-state index contributed by atoms with van der Waals surface area (Å²) in [5.74, 6) is -6.82. The first kappa shape index (κ1) is 20.9. The first-order valence-electron chi connectivity index (χ1n) is 8.19. The third-order valence-corrected chi connectivity index (χ3v) is 3.89. The standard InChI is InChI=1S/C18H18F2N2O6/c1-7(2)3-4-28-14-9(5-8(19)6-10(14)20)11-12(17(24)25)15(21)22-16(23)13(11)18(26)27/h5-7H,3-4H2,1-2H3,(H,24,25)(H,26,27)(H3,21,22,23). The molecule has 0 saturated carbocycles. The van der Waals surface area contributed by atoms with E-state index in [0.29, 0.717) is 18.6 Å². The number of hydrogen-bond donors (Lipinski definition) is 4. The molecule has 0 bridgehead atoms. The van der Waals surface area contributed by atoms with Gasteiger partial charge in [0.1, 0.15) is 22.8 Å². The Bertz CT molecular complexity index is 1000. The fraction of sp³-hybridized carbons (Fsp3) is 0.278. The van der Waals surface area contributed by atoms with Gasteiger partial charge >= 0.3 is 11.9 Å². The van der Waals surface area contributed by atoms with E-state index in [9.17, 15) is 33.4 Å². The predicted octanol–water partition coefficient (Wildman–Crippen LogP) is 2.72. The Morgan fingerprint density at radius 1 is 1.18 bits per heavy atom. The highest BCUT2D eigenvalue weighted by Gasteiger charge is 2.30. The number of rotatable bonds is 7. The zero-order chi connectivity index (χ0) is 21.2. The maximum Gasteiger partial charge on any atom is 0.342 e. The van der Waals surface area contributed by atoms with E-state index in [1.54, 1.807) is 0 Å². The smallest absolute Gasteiger partial charge is 0.342 e. The van der Waals surface area contributed by atoms with Gasteiger partial charge in [-0.15, -0.1) is 0 Å². The molecule has 28 heavy (non-hydrogen) atoms. The van der Waals surface area contributed by atoms with E-state index < -0.39 is 63.0 Å². The molecular formula is C18H18F2N2O6. The molecule has 1 aromatic heterocycles. The van der Waals surface area contributed by atoms with Gasteiger partial charge in [-0.1, -0.05) is 13.8 Å². The lowest BCUT2D eigenvalue weighted by Crippen LogP contribution is -2.24. The third-order valence-electron chi connectivity index (χ3n) is 3.89. The summed E-state index contributed by atoms with van der Waals surface area (Å²) in [6, 6.07) is 1.20. The zero-order valence-corrected chi connectivity index (χ0v) is 15.0. The minimum atomic E-state index is -1.79. The number of H-pyrrole nitrogens is 1. The fourth-order valence-electron chi connectivity index (χ4n) is 2.61. The number of aromatic carboxylic acids is 2. The van der Waals surface area contributed by atoms with Crippen LogP contribution in [-0.2, 0) is 0 Å². The summed E-state index contributed by atoms with van der Waals surface area (Å²) >= 11 is 0. The van der Waals surface area contributed by atoms with E-state index in [0.717, 1.165) is 0 Å². The summed E-state index contributed by atoms with van der Waals surface area (Å²) in [5, 5.41) is 18.9. The zero-order valence-electron chi connectivity index (χ0n) is 15.0. The summed E-state index contributed by atoms with van der Waals surface area (Å²) in [6.07, 6.45) is 0.491. The Labute approximate surface area is 157 Å². The molecule has 2 rings (SSSR count). The molecule has 0 spiro atoms. The average Bonchev–Trinajstić information content (AvgIpc) is 2.54. The number of nitrogens with two attached hydrogens (primary N) is 1. The van der Waals surface area contributed by atoms with Crippen molar-refractivity contribution in [3.63, 3.8) is 0 Å². The first-order valence-corrected chi connectivity index (χ1v) is 8.19. The number of hydrogen-bond acceptors (Lipinski definition) is 5. The van der Waals surface area contributed by atoms with Crippen LogP contribution in [0.25, 0.3) is 11.1 Å². The number of nitrogen functional groups attached to an aromatic ring is 1. The van der Waals surface area contributed by atoms with Gasteiger partial charge in [0.25, 0.3) is 5.56 Å². The molecular weight excluding hydrogens is 378 g/mol. The Hall–Kier alpha value is -3.43. The summed E-state index contributed by atoms with van der Waals surface area (Å²) < 4.78 is 33.7. The van der Waals surface area contributed by atoms with E-state index >= 15 is 0 Å². The van der Waals surface area contributed by atoms with Crippen molar-refractivity contribution in [3.8, 4) is 16.9 Å². The Morgan fingerprint density at radius 3 is 2.32 bits per heavy atom. The van der Waals surface area contributed by atoms with Crippen LogP contribution in [0.1, 0.15) is 41.0 Å². The molecule has 5 N–H and O–H groups in total. The Morgan fingerprint density at radius 2 is 1.79 bits per heavy atom. The van der Waals surface area contributed by atoms with Crippen LogP contribution < -0.4 is 16.0 Å². The molecule has 0 atom stereocenters. The monoisotopic (exact) mass is 396 g/mol. The minimum Gasteiger partial charge on any atom is -0.490 e. The number of carboxylic acid groups (broad SMARTS) is 2. The largest absolute Gasteiger partial charge is 0.490 e. The highest BCUT2D eigenvalue weighted by Crippen LogP contribution is 2.38. The van der Waals surface area contributed by atoms with Gasteiger partial charge < -0.3 is 25.7 Å². The van der Waals surface area contributed by atoms with Crippen molar-refractivity contribution in [2.45, 2.75) is 20.3 Å². The van der Waals surface area contributed by atoms with Crippen LogP contribution in [0.4, 0.5) is 14.6 Å². The van der Waals surface area contributed by atoms with Gasteiger partial charge in [0.05, 0.1) is 6.61 Å². The Balaban J connectivity index is 2.88. The average molecular weight is 396 g/mol. The van der Waals surface area contributed by atoms with Gasteiger partial charge in [-0.2, -0.15) is 0 Å². The lowest BCUT2D eigenvalue weighted by molar-refractivity contribution is 0.0695. The van der Waals surface area contributed by atoms with Crippen LogP contribution in [0.15, 0.2) is 16.9 Å². The number of aromatic amines is 1. The van der Waals surface area contributed by atoms with E-state index in [1.165, 1.54) is 0 Å². The molecule has 2 aromatic rings. The number of halogens is 2. The number of pyridine rings is 1. The second-order valence-corrected chi connectivity index (χ2v) is 6.40. The van der Waals surface area contributed by atoms with Crippen LogP contribution in [0, 0.1) is 17.6 Å². The van der Waals surface area contributed by atoms with Crippen molar-refractivity contribution in [2.24, 2.45) is 5.92 Å². The number of carboxylic acids is 2. The van der Waals surface area contributed by atoms with Gasteiger partial charge in [0.15, 0.2) is 11.6 Å². The molecule has 1 heterocycles. The van der Waals surface area contributed by atoms with Gasteiger partial charge in [0.2, 0.25) is 0 Å². The molecule has 150 valence electrons. The van der Waals surface area contributed by atoms with Gasteiger partial charge in [-0.05, 0) is 18.4 Å². The second kappa shape index (κ2) is 8.07. The molecule has 8 nitrogen and oxygen atoms in total. The van der Waals surface area contributed by atoms with Crippen LogP contribution in [-0.4, -0.2) is 33.7 Å². The van der Waals surface area contributed by atoms with Gasteiger partial charge in [-0.25, -0.2) is 18.4 Å². The van der Waals surface area contributed by atoms with Crippen molar-refractivity contribution in [1.29, 1.82) is 0 Å². The molecule has 0 unspecified atom stereocenters. The van der Waals surface area contributed by atoms with E-state index in [1.807, 2.05) is 18.8 Å². The number of anilines is 1. The van der Waals surface area contributed by atoms with Crippen LogP contribution in [0.5, 0.6) is 5.75 Å². The molecule has 0 radical (unpaired) electrons. The maximum absolute atomic E-state index is 14.4. The van der Waals surface area contributed by atoms with E-state index in [-0.39, 0.29) is 12.5 Å². The third kappa shape index (κ3) is 4.11. The van der Waals surface area contributed by atoms with Crippen molar-refractivity contribution in [2.75, 3.05) is 12.3 Å². The SMILES string of the molecule is CC(C)CCOc1c(F)cc(F)cc1-c1c(C(=O)O)c(N)[nH]c(=O)c1C(=O)O. The van der Waals surface area contributed by atoms with Crippen LogP contribution >= 0.6 is 0 Å². The molecule has 0 amide bonds. The van der Waals surface area contributed by atoms with Crippen LogP contribution in [0.2, 0.25) is 0 Å². The number of benzene rings is 1. The molecule has 10 heteroatoms. The van der Waals surface area contributed by atoms with Crippen molar-refractivity contribution >= 4 is 17.8 Å². The molecule has 1 aromatic carbocycles. The lowest BCUT2D eigenvalue weighted by Gasteiger charge is -2.17. The summed E-state index contributed by atoms with van der Waals surface area (Å²) in [5.41, 5.74) is 1.22. The highest BCUT2D eigenvalue weighted by molar-refractivity contribution is 6.08. The van der Waals surface area contributed by atoms with Crippen molar-refractivity contribution in [3.05, 3.63) is 45.2 Å². The molecule has 0 saturated heterocycles. The maximum atomic E-state index is 14.4. The predicted molar refractivity (Wildman–Crippen MR) is 95.7 cm³/mol. The summed E-state index contributed by atoms with van der Waals surface area (Å²) in [4.78, 5) is 37.3. The Kier molecular flexibility index (Phi) is 6.02. The minimum absolute atomic E-state index is 0.00327. The molecule has 0 aliphatic rings. The van der Waals surface area contributed by atoms with Crippen molar-refractivity contribution in [1.82, 2.24) is 4.98 Å². The topological polar surface area (TPSA) is 143 Å². The first-order chi connectivity index (χ1) is 13.0. The highest BCUT2D eigenvalue weighted by atomic mass is 19.1. The molecule has 0 aliphatic heterocycles.